The second-order valence-corrected chi connectivity index (χ2v) is 10.5. The first-order chi connectivity index (χ1) is 23.3. The fraction of sp³-hybridized carbons (Fsp3) is 0.393. The largest absolute Gasteiger partial charge is 0.480 e. The van der Waals surface area contributed by atoms with Crippen LogP contribution in [-0.4, -0.2) is 127 Å². The third kappa shape index (κ3) is 12.7. The standard InChI is InChI=1S/C28H35N11O10/c29-28-38-24-23(27(49)39-28)37-17(9-34-24)8-30-16-4-1-14(2-5-16)25(47)35-7-15(26(48)36-11-20(42)33-13-22(45)46)3-6-18(40)31-10-19(41)32-12-21(43)44/h1-2,4-5,9,15,17,24,30H,3,6-8,10-13H2,(H,31,40)(H,32,41)(H,33,42)(H,35,47)(H,36,48)(H,43,44)(H,45,46)(H3,29,38,39,49). The number of amides is 6. The van der Waals surface area contributed by atoms with Crippen molar-refractivity contribution in [2.75, 3.05) is 44.6 Å². The molecule has 3 unspecified atom stereocenters. The van der Waals surface area contributed by atoms with Crippen molar-refractivity contribution in [3.05, 3.63) is 29.8 Å². The maximum absolute atomic E-state index is 12.9. The molecule has 21 heteroatoms. The van der Waals surface area contributed by atoms with Crippen LogP contribution in [0, 0.1) is 5.92 Å². The highest BCUT2D eigenvalue weighted by atomic mass is 16.4. The highest BCUT2D eigenvalue weighted by Crippen LogP contribution is 2.13. The van der Waals surface area contributed by atoms with Crippen molar-refractivity contribution >= 4 is 71.0 Å². The Morgan fingerprint density at radius 3 is 2.06 bits per heavy atom. The number of hydrogen-bond acceptors (Lipinski definition) is 13. The molecule has 0 saturated carbocycles. The van der Waals surface area contributed by atoms with Crippen LogP contribution in [0.3, 0.4) is 0 Å². The van der Waals surface area contributed by atoms with Gasteiger partial charge in [-0.1, -0.05) is 0 Å². The number of nitrogens with one attached hydrogen (secondary N) is 7. The van der Waals surface area contributed by atoms with Gasteiger partial charge in [0.1, 0.15) is 24.8 Å². The molecule has 2 heterocycles. The molecule has 0 bridgehead atoms. The normalized spacial score (nSPS) is 16.7. The molecule has 1 aromatic carbocycles. The smallest absolute Gasteiger partial charge is 0.322 e. The first kappa shape index (κ1) is 37.1. The number of guanidine groups is 1. The van der Waals surface area contributed by atoms with Gasteiger partial charge in [0.15, 0.2) is 12.1 Å². The molecule has 262 valence electrons. The first-order valence-electron chi connectivity index (χ1n) is 14.7. The molecule has 3 rings (SSSR count). The van der Waals surface area contributed by atoms with Gasteiger partial charge in [0.25, 0.3) is 11.8 Å². The number of aliphatic imine (C=N–C) groups is 3. The summed E-state index contributed by atoms with van der Waals surface area (Å²) in [5.74, 6) is -7.49. The van der Waals surface area contributed by atoms with Crippen LogP contribution in [0.1, 0.15) is 23.2 Å². The predicted molar refractivity (Wildman–Crippen MR) is 171 cm³/mol. The Hall–Kier alpha value is -6.41. The summed E-state index contributed by atoms with van der Waals surface area (Å²) < 4.78 is 0. The van der Waals surface area contributed by atoms with Gasteiger partial charge < -0.3 is 47.8 Å². The van der Waals surface area contributed by atoms with E-state index in [2.05, 4.69) is 52.2 Å². The van der Waals surface area contributed by atoms with Gasteiger partial charge in [-0.15, -0.1) is 0 Å². The molecular formula is C28H35N11O10. The van der Waals surface area contributed by atoms with Crippen molar-refractivity contribution in [1.29, 1.82) is 0 Å². The van der Waals surface area contributed by atoms with Crippen LogP contribution in [0.4, 0.5) is 5.69 Å². The van der Waals surface area contributed by atoms with E-state index >= 15 is 0 Å². The summed E-state index contributed by atoms with van der Waals surface area (Å²) >= 11 is 0. The van der Waals surface area contributed by atoms with Crippen molar-refractivity contribution in [3.63, 3.8) is 0 Å². The van der Waals surface area contributed by atoms with Crippen LogP contribution in [0.2, 0.25) is 0 Å². The van der Waals surface area contributed by atoms with E-state index < -0.39 is 91.7 Å². The monoisotopic (exact) mass is 685 g/mol. The summed E-state index contributed by atoms with van der Waals surface area (Å²) in [6.45, 7) is -2.31. The van der Waals surface area contributed by atoms with Crippen LogP contribution in [0.25, 0.3) is 0 Å². The lowest BCUT2D eigenvalue weighted by molar-refractivity contribution is -0.138. The zero-order valence-corrected chi connectivity index (χ0v) is 25.9. The molecule has 21 nitrogen and oxygen atoms in total. The number of fused-ring (bicyclic) bond motifs is 1. The molecule has 0 spiro atoms. The van der Waals surface area contributed by atoms with Crippen LogP contribution in [0.15, 0.2) is 39.2 Å². The average molecular weight is 686 g/mol. The maximum Gasteiger partial charge on any atom is 0.322 e. The van der Waals surface area contributed by atoms with Gasteiger partial charge in [0, 0.05) is 37.0 Å². The molecule has 2 aliphatic rings. The molecule has 0 radical (unpaired) electrons. The van der Waals surface area contributed by atoms with E-state index in [0.717, 1.165) is 0 Å². The number of hydrogen-bond donors (Lipinski definition) is 10. The maximum atomic E-state index is 12.9. The highest BCUT2D eigenvalue weighted by molar-refractivity contribution is 6.45. The van der Waals surface area contributed by atoms with Crippen molar-refractivity contribution < 1.29 is 48.6 Å². The summed E-state index contributed by atoms with van der Waals surface area (Å²) in [4.78, 5) is 107. The topological polar surface area (TPSA) is 324 Å². The number of carboxylic acid groups (broad SMARTS) is 2. The number of rotatable bonds is 18. The summed E-state index contributed by atoms with van der Waals surface area (Å²) in [5.41, 5.74) is 6.55. The van der Waals surface area contributed by atoms with Gasteiger partial charge in [-0.3, -0.25) is 53.7 Å². The molecule has 1 aromatic rings. The number of benzene rings is 1. The minimum absolute atomic E-state index is 0.0352. The van der Waals surface area contributed by atoms with Gasteiger partial charge in [0.05, 0.1) is 19.0 Å². The van der Waals surface area contributed by atoms with E-state index in [9.17, 15) is 38.4 Å². The van der Waals surface area contributed by atoms with Crippen LogP contribution in [0.5, 0.6) is 0 Å². The Bertz CT molecular complexity index is 1560. The number of carbonyl (C=O) groups excluding carboxylic acids is 6. The van der Waals surface area contributed by atoms with E-state index in [1.165, 1.54) is 12.1 Å². The number of nitrogens with zero attached hydrogens (tertiary/aromatic N) is 3. The van der Waals surface area contributed by atoms with E-state index in [1.54, 1.807) is 18.3 Å². The molecule has 11 N–H and O–H groups in total. The SMILES string of the molecule is NC1=NC2N=CC(CNc3ccc(C(=O)NCC(CCC(=O)NCC(=O)NCC(=O)O)C(=O)NCC(=O)NCC(=O)O)cc3)N=C2C(=O)N1. The fourth-order valence-corrected chi connectivity index (χ4v) is 4.21. The Balaban J connectivity index is 1.52. The molecule has 49 heavy (non-hydrogen) atoms. The van der Waals surface area contributed by atoms with E-state index in [1.807, 2.05) is 0 Å². The number of carbonyl (C=O) groups is 8. The van der Waals surface area contributed by atoms with Gasteiger partial charge >= 0.3 is 11.9 Å². The quantitative estimate of drug-likeness (QED) is 0.0699. The van der Waals surface area contributed by atoms with Crippen molar-refractivity contribution in [2.24, 2.45) is 26.6 Å². The van der Waals surface area contributed by atoms with Gasteiger partial charge in [-0.2, -0.15) is 0 Å². The molecule has 2 aliphatic heterocycles. The van der Waals surface area contributed by atoms with Gasteiger partial charge in [0.2, 0.25) is 23.6 Å². The average Bonchev–Trinajstić information content (AvgIpc) is 3.07. The minimum atomic E-state index is -1.28. The van der Waals surface area contributed by atoms with Crippen molar-refractivity contribution in [1.82, 2.24) is 31.9 Å². The molecule has 3 atom stereocenters. The Morgan fingerprint density at radius 2 is 1.43 bits per heavy atom. The van der Waals surface area contributed by atoms with E-state index in [4.69, 9.17) is 15.9 Å². The zero-order valence-electron chi connectivity index (χ0n) is 25.9. The lowest BCUT2D eigenvalue weighted by atomic mass is 10.0. The van der Waals surface area contributed by atoms with Gasteiger partial charge in [-0.05, 0) is 30.7 Å². The second kappa shape index (κ2) is 18.1. The summed E-state index contributed by atoms with van der Waals surface area (Å²) in [7, 11) is 0. The summed E-state index contributed by atoms with van der Waals surface area (Å²) in [6, 6.07) is 5.83. The Kier molecular flexibility index (Phi) is 13.7. The highest BCUT2D eigenvalue weighted by Gasteiger charge is 2.30. The number of nitrogens with two attached hydrogens (primary N) is 1. The zero-order chi connectivity index (χ0) is 35.9. The first-order valence-corrected chi connectivity index (χ1v) is 14.7. The molecule has 0 fully saturated rings. The predicted octanol–water partition coefficient (Wildman–Crippen LogP) is -4.48. The van der Waals surface area contributed by atoms with Crippen molar-refractivity contribution in [2.45, 2.75) is 25.0 Å². The molecule has 0 aliphatic carbocycles. The van der Waals surface area contributed by atoms with Crippen LogP contribution in [-0.2, 0) is 33.6 Å². The summed E-state index contributed by atoms with van der Waals surface area (Å²) in [5, 5.41) is 34.2. The van der Waals surface area contributed by atoms with Crippen molar-refractivity contribution in [3.8, 4) is 0 Å². The molecule has 0 aromatic heterocycles. The molecule has 0 saturated heterocycles. The second-order valence-electron chi connectivity index (χ2n) is 10.5. The van der Waals surface area contributed by atoms with Gasteiger partial charge in [-0.25, -0.2) is 4.99 Å². The number of carboxylic acids is 2. The number of anilines is 1. The Labute approximate surface area is 277 Å². The fourth-order valence-electron chi connectivity index (χ4n) is 4.21. The van der Waals surface area contributed by atoms with E-state index in [-0.39, 0.29) is 43.2 Å². The Morgan fingerprint density at radius 1 is 0.816 bits per heavy atom. The lowest BCUT2D eigenvalue weighted by Crippen LogP contribution is -2.51. The summed E-state index contributed by atoms with van der Waals surface area (Å²) in [6.07, 6.45) is 0.385. The van der Waals surface area contributed by atoms with Crippen LogP contribution < -0.4 is 43.0 Å². The van der Waals surface area contributed by atoms with Crippen LogP contribution >= 0.6 is 0 Å². The number of aliphatic carboxylic acids is 2. The molecule has 6 amide bonds. The molecular weight excluding hydrogens is 650 g/mol. The lowest BCUT2D eigenvalue weighted by Gasteiger charge is -2.23. The third-order valence-electron chi connectivity index (χ3n) is 6.69. The van der Waals surface area contributed by atoms with E-state index in [0.29, 0.717) is 5.69 Å². The third-order valence-corrected chi connectivity index (χ3v) is 6.69. The minimum Gasteiger partial charge on any atom is -0.480 e.